The van der Waals surface area contributed by atoms with Gasteiger partial charge in [0.25, 0.3) is 11.8 Å². The molecule has 3 amide bonds. The van der Waals surface area contributed by atoms with E-state index in [0.717, 1.165) is 11.1 Å². The number of nitrogens with zero attached hydrogens (tertiary/aromatic N) is 1. The van der Waals surface area contributed by atoms with Crippen LogP contribution in [0.15, 0.2) is 61.2 Å². The van der Waals surface area contributed by atoms with Crippen molar-refractivity contribution in [3.63, 3.8) is 0 Å². The summed E-state index contributed by atoms with van der Waals surface area (Å²) in [5, 5.41) is 1.07. The molecule has 1 aliphatic rings. The Bertz CT molecular complexity index is 1080. The van der Waals surface area contributed by atoms with Crippen LogP contribution >= 0.6 is 23.2 Å². The van der Waals surface area contributed by atoms with Crippen molar-refractivity contribution >= 4 is 40.9 Å². The number of carbonyl (C=O) groups is 3. The zero-order valence-corrected chi connectivity index (χ0v) is 21.2. The smallest absolute Gasteiger partial charge is 0.261 e. The molecule has 1 saturated heterocycles. The normalized spacial score (nSPS) is 20.7. The van der Waals surface area contributed by atoms with Crippen LogP contribution in [-0.2, 0) is 19.1 Å². The van der Waals surface area contributed by atoms with Gasteiger partial charge in [0, 0.05) is 23.4 Å². The Labute approximate surface area is 215 Å². The predicted molar refractivity (Wildman–Crippen MR) is 136 cm³/mol. The summed E-state index contributed by atoms with van der Waals surface area (Å²) in [6.45, 7) is 6.98. The summed E-state index contributed by atoms with van der Waals surface area (Å²) in [7, 11) is 0. The third-order valence-electron chi connectivity index (χ3n) is 5.76. The molecule has 9 heteroatoms. The van der Waals surface area contributed by atoms with Crippen LogP contribution in [0.5, 0.6) is 0 Å². The third kappa shape index (κ3) is 6.42. The molecule has 35 heavy (non-hydrogen) atoms. The predicted octanol–water partition coefficient (Wildman–Crippen LogP) is 4.92. The highest BCUT2D eigenvalue weighted by Gasteiger charge is 2.48. The van der Waals surface area contributed by atoms with Gasteiger partial charge in [-0.05, 0) is 41.8 Å². The van der Waals surface area contributed by atoms with Crippen molar-refractivity contribution < 1.29 is 19.1 Å². The molecule has 0 spiro atoms. The van der Waals surface area contributed by atoms with E-state index in [2.05, 4.69) is 17.4 Å². The monoisotopic (exact) mass is 517 g/mol. The molecule has 0 radical (unpaired) electrons. The van der Waals surface area contributed by atoms with E-state index >= 15 is 0 Å². The van der Waals surface area contributed by atoms with Gasteiger partial charge in [-0.15, -0.1) is 6.58 Å². The Hall–Kier alpha value is -2.87. The molecule has 2 N–H and O–H groups in total. The van der Waals surface area contributed by atoms with Gasteiger partial charge in [0.05, 0.1) is 6.04 Å². The first kappa shape index (κ1) is 26.7. The van der Waals surface area contributed by atoms with Crippen LogP contribution < -0.4 is 10.9 Å². The van der Waals surface area contributed by atoms with Crippen LogP contribution in [-0.4, -0.2) is 34.8 Å². The van der Waals surface area contributed by atoms with Crippen molar-refractivity contribution in [3.8, 4) is 0 Å². The molecule has 2 aromatic rings. The first-order valence-electron chi connectivity index (χ1n) is 11.4. The lowest BCUT2D eigenvalue weighted by molar-refractivity contribution is -0.181. The van der Waals surface area contributed by atoms with E-state index in [1.165, 1.54) is 6.92 Å². The second-order valence-corrected chi connectivity index (χ2v) is 9.21. The second-order valence-electron chi connectivity index (χ2n) is 8.34. The first-order chi connectivity index (χ1) is 16.8. The SMILES string of the molecule is C=CC[C@H]1O[C@H](c2cccc(Cl)c2)[C@H](c2ccc(Cl)cc2)N(C(CCC)C(=O)NNC(C)=O)C1=O. The van der Waals surface area contributed by atoms with Gasteiger partial charge in [-0.25, -0.2) is 0 Å². The number of amides is 3. The van der Waals surface area contributed by atoms with Gasteiger partial charge >= 0.3 is 0 Å². The Balaban J connectivity index is 2.17. The van der Waals surface area contributed by atoms with E-state index in [1.54, 1.807) is 35.2 Å². The minimum absolute atomic E-state index is 0.270. The minimum Gasteiger partial charge on any atom is -0.358 e. The van der Waals surface area contributed by atoms with Gasteiger partial charge in [-0.2, -0.15) is 0 Å². The number of halogens is 2. The quantitative estimate of drug-likeness (QED) is 0.384. The number of ether oxygens (including phenoxy) is 1. The van der Waals surface area contributed by atoms with Crippen LogP contribution in [0.1, 0.15) is 56.4 Å². The van der Waals surface area contributed by atoms with Gasteiger partial charge in [0.1, 0.15) is 18.2 Å². The fourth-order valence-electron chi connectivity index (χ4n) is 4.26. The molecule has 4 atom stereocenters. The largest absolute Gasteiger partial charge is 0.358 e. The van der Waals surface area contributed by atoms with Crippen molar-refractivity contribution in [2.45, 2.75) is 57.4 Å². The zero-order chi connectivity index (χ0) is 25.5. The standard InChI is InChI=1S/C26H29Cl2N3O4/c1-4-7-21(25(33)30-29-16(3)32)31-23(17-11-13-19(27)14-12-17)24(18-9-6-10-20(28)15-18)35-22(8-5-2)26(31)34/h5-6,9-15,21-24H,2,4,7-8H2,1,3H3,(H,29,32)(H,30,33)/t21?,22-,23+,24-/m1/s1. The Morgan fingerprint density at radius 3 is 2.43 bits per heavy atom. The van der Waals surface area contributed by atoms with Crippen LogP contribution in [0, 0.1) is 0 Å². The van der Waals surface area contributed by atoms with E-state index < -0.39 is 36.1 Å². The first-order valence-corrected chi connectivity index (χ1v) is 12.2. The average molecular weight is 518 g/mol. The van der Waals surface area contributed by atoms with E-state index in [9.17, 15) is 14.4 Å². The lowest BCUT2D eigenvalue weighted by Gasteiger charge is -2.47. The molecular formula is C26H29Cl2N3O4. The van der Waals surface area contributed by atoms with E-state index in [1.807, 2.05) is 31.2 Å². The maximum Gasteiger partial charge on any atom is 0.261 e. The van der Waals surface area contributed by atoms with Crippen molar-refractivity contribution in [2.75, 3.05) is 0 Å². The molecule has 1 heterocycles. The van der Waals surface area contributed by atoms with Gasteiger partial charge in [0.15, 0.2) is 0 Å². The molecule has 0 aliphatic carbocycles. The van der Waals surface area contributed by atoms with E-state index in [4.69, 9.17) is 27.9 Å². The number of hydrogen-bond acceptors (Lipinski definition) is 4. The van der Waals surface area contributed by atoms with Crippen molar-refractivity contribution in [3.05, 3.63) is 82.4 Å². The second kappa shape index (κ2) is 12.2. The van der Waals surface area contributed by atoms with Crippen molar-refractivity contribution in [2.24, 2.45) is 0 Å². The number of hydrazine groups is 1. The van der Waals surface area contributed by atoms with Gasteiger partial charge in [-0.3, -0.25) is 25.2 Å². The zero-order valence-electron chi connectivity index (χ0n) is 19.7. The summed E-state index contributed by atoms with van der Waals surface area (Å²) >= 11 is 12.4. The molecule has 1 unspecified atom stereocenters. The summed E-state index contributed by atoms with van der Waals surface area (Å²) in [4.78, 5) is 40.1. The fourth-order valence-corrected chi connectivity index (χ4v) is 4.58. The highest BCUT2D eigenvalue weighted by atomic mass is 35.5. The number of carbonyl (C=O) groups excluding carboxylic acids is 3. The molecular weight excluding hydrogens is 489 g/mol. The molecule has 0 bridgehead atoms. The van der Waals surface area contributed by atoms with Crippen LogP contribution in [0.4, 0.5) is 0 Å². The molecule has 2 aromatic carbocycles. The summed E-state index contributed by atoms with van der Waals surface area (Å²) in [6.07, 6.45) is 1.43. The maximum absolute atomic E-state index is 13.8. The highest BCUT2D eigenvalue weighted by Crippen LogP contribution is 2.44. The summed E-state index contributed by atoms with van der Waals surface area (Å²) in [6, 6.07) is 12.8. The molecule has 1 aliphatic heterocycles. The summed E-state index contributed by atoms with van der Waals surface area (Å²) in [5.41, 5.74) is 6.28. The molecule has 7 nitrogen and oxygen atoms in total. The number of rotatable bonds is 8. The average Bonchev–Trinajstić information content (AvgIpc) is 2.83. The number of nitrogens with one attached hydrogen (secondary N) is 2. The van der Waals surface area contributed by atoms with E-state index in [0.29, 0.717) is 22.9 Å². The summed E-state index contributed by atoms with van der Waals surface area (Å²) < 4.78 is 6.36. The molecule has 186 valence electrons. The van der Waals surface area contributed by atoms with Crippen LogP contribution in [0.3, 0.4) is 0 Å². The molecule has 0 saturated carbocycles. The molecule has 0 aromatic heterocycles. The Morgan fingerprint density at radius 1 is 1.11 bits per heavy atom. The van der Waals surface area contributed by atoms with E-state index in [-0.39, 0.29) is 12.3 Å². The lowest BCUT2D eigenvalue weighted by atomic mass is 9.89. The molecule has 1 fully saturated rings. The van der Waals surface area contributed by atoms with Crippen LogP contribution in [0.25, 0.3) is 0 Å². The van der Waals surface area contributed by atoms with Gasteiger partial charge in [0.2, 0.25) is 5.91 Å². The molecule has 3 rings (SSSR count). The van der Waals surface area contributed by atoms with Crippen molar-refractivity contribution in [1.82, 2.24) is 15.8 Å². The number of benzene rings is 2. The van der Waals surface area contributed by atoms with Crippen molar-refractivity contribution in [1.29, 1.82) is 0 Å². The third-order valence-corrected chi connectivity index (χ3v) is 6.25. The topological polar surface area (TPSA) is 87.7 Å². The minimum atomic E-state index is -0.863. The fraction of sp³-hybridized carbons (Fsp3) is 0.346. The number of morpholine rings is 1. The Kier molecular flexibility index (Phi) is 9.32. The maximum atomic E-state index is 13.8. The Morgan fingerprint density at radius 2 is 1.83 bits per heavy atom. The number of hydrogen-bond donors (Lipinski definition) is 2. The lowest BCUT2D eigenvalue weighted by Crippen LogP contribution is -2.60. The summed E-state index contributed by atoms with van der Waals surface area (Å²) in [5.74, 6) is -1.24. The van der Waals surface area contributed by atoms with Gasteiger partial charge < -0.3 is 9.64 Å². The highest BCUT2D eigenvalue weighted by molar-refractivity contribution is 6.30. The van der Waals surface area contributed by atoms with Gasteiger partial charge in [-0.1, -0.05) is 66.9 Å². The van der Waals surface area contributed by atoms with Crippen LogP contribution in [0.2, 0.25) is 10.0 Å².